The van der Waals surface area contributed by atoms with Gasteiger partial charge in [0.25, 0.3) is 0 Å². The Morgan fingerprint density at radius 2 is 2.15 bits per heavy atom. The number of aryl methyl sites for hydroxylation is 2. The number of aromatic nitrogens is 1. The molecule has 0 bridgehead atoms. The smallest absolute Gasteiger partial charge is 0.130 e. The van der Waals surface area contributed by atoms with Crippen LogP contribution < -0.4 is 10.1 Å². The molecule has 1 aliphatic heterocycles. The molecule has 4 nitrogen and oxygen atoms in total. The van der Waals surface area contributed by atoms with Gasteiger partial charge in [0.1, 0.15) is 11.9 Å². The summed E-state index contributed by atoms with van der Waals surface area (Å²) in [6.07, 6.45) is 4.18. The molecule has 1 aliphatic rings. The summed E-state index contributed by atoms with van der Waals surface area (Å²) in [5.41, 5.74) is 4.73. The Morgan fingerprint density at radius 3 is 2.92 bits per heavy atom. The van der Waals surface area contributed by atoms with E-state index in [1.807, 2.05) is 31.3 Å². The Morgan fingerprint density at radius 1 is 1.27 bits per heavy atom. The first-order chi connectivity index (χ1) is 12.7. The highest BCUT2D eigenvalue weighted by Crippen LogP contribution is 2.40. The number of nitrogens with zero attached hydrogens (tertiary/aromatic N) is 2. The molecule has 0 spiro atoms. The van der Waals surface area contributed by atoms with E-state index in [2.05, 4.69) is 29.4 Å². The minimum Gasteiger partial charge on any atom is -0.488 e. The van der Waals surface area contributed by atoms with E-state index in [-0.39, 0.29) is 6.10 Å². The number of thiophene rings is 1. The predicted octanol–water partition coefficient (Wildman–Crippen LogP) is 4.58. The zero-order valence-corrected chi connectivity index (χ0v) is 15.8. The molecule has 5 heteroatoms. The van der Waals surface area contributed by atoms with Gasteiger partial charge in [0, 0.05) is 28.7 Å². The molecule has 1 fully saturated rings. The minimum absolute atomic E-state index is 0.163. The van der Waals surface area contributed by atoms with E-state index in [0.29, 0.717) is 5.56 Å². The van der Waals surface area contributed by atoms with Gasteiger partial charge in [0.15, 0.2) is 0 Å². The normalized spacial score (nSPS) is 17.2. The summed E-state index contributed by atoms with van der Waals surface area (Å²) < 4.78 is 7.58. The predicted molar refractivity (Wildman–Crippen MR) is 106 cm³/mol. The molecule has 0 aliphatic carbocycles. The molecule has 132 valence electrons. The maximum absolute atomic E-state index is 9.45. The van der Waals surface area contributed by atoms with Crippen LogP contribution in [0.2, 0.25) is 0 Å². The Balaban J connectivity index is 1.87. The van der Waals surface area contributed by atoms with Crippen molar-refractivity contribution < 1.29 is 4.74 Å². The van der Waals surface area contributed by atoms with E-state index in [0.717, 1.165) is 58.6 Å². The summed E-state index contributed by atoms with van der Waals surface area (Å²) in [4.78, 5) is 5.72. The lowest BCUT2D eigenvalue weighted by Crippen LogP contribution is -2.37. The van der Waals surface area contributed by atoms with Crippen LogP contribution in [-0.2, 0) is 0 Å². The Labute approximate surface area is 157 Å². The van der Waals surface area contributed by atoms with E-state index in [4.69, 9.17) is 4.74 Å². The van der Waals surface area contributed by atoms with Crippen molar-refractivity contribution in [2.24, 2.45) is 0 Å². The second-order valence-electron chi connectivity index (χ2n) is 6.80. The highest BCUT2D eigenvalue weighted by molar-refractivity contribution is 7.19. The van der Waals surface area contributed by atoms with Crippen molar-refractivity contribution in [2.45, 2.75) is 32.8 Å². The van der Waals surface area contributed by atoms with Crippen LogP contribution in [0.4, 0.5) is 0 Å². The van der Waals surface area contributed by atoms with Crippen LogP contribution in [0.1, 0.15) is 28.8 Å². The lowest BCUT2D eigenvalue weighted by molar-refractivity contribution is 0.167. The number of hydrogen-bond donors (Lipinski definition) is 1. The molecule has 0 saturated carbocycles. The fourth-order valence-corrected chi connectivity index (χ4v) is 4.55. The number of fused-ring (bicyclic) bond motifs is 1. The van der Waals surface area contributed by atoms with Gasteiger partial charge in [0.2, 0.25) is 0 Å². The van der Waals surface area contributed by atoms with Crippen molar-refractivity contribution in [3.63, 3.8) is 0 Å². The van der Waals surface area contributed by atoms with Gasteiger partial charge in [0.05, 0.1) is 21.8 Å². The molecule has 3 aromatic rings. The summed E-state index contributed by atoms with van der Waals surface area (Å²) in [6, 6.07) is 10.3. The number of piperidine rings is 1. The van der Waals surface area contributed by atoms with E-state index in [9.17, 15) is 5.26 Å². The molecule has 0 radical (unpaired) electrons. The fourth-order valence-electron chi connectivity index (χ4n) is 3.55. The second kappa shape index (κ2) is 7.06. The molecule has 1 atom stereocenters. The lowest BCUT2D eigenvalue weighted by atomic mass is 9.99. The molecular weight excluding hydrogens is 342 g/mol. The van der Waals surface area contributed by atoms with Gasteiger partial charge < -0.3 is 10.1 Å². The maximum Gasteiger partial charge on any atom is 0.130 e. The standard InChI is InChI=1S/C21H21N3OS/c1-13-8-15(11-22)10-18(20(13)25-16-4-3-6-23-12-16)17-5-7-24-19-9-14(2)26-21(17)19/h5,7-10,16,23H,3-4,6,12H2,1-2H3/t16-/m0/s1. The van der Waals surface area contributed by atoms with Gasteiger partial charge in [-0.25, -0.2) is 0 Å². The van der Waals surface area contributed by atoms with Gasteiger partial charge in [-0.1, -0.05) is 0 Å². The largest absolute Gasteiger partial charge is 0.488 e. The maximum atomic E-state index is 9.45. The highest BCUT2D eigenvalue weighted by Gasteiger charge is 2.20. The average Bonchev–Trinajstić information content (AvgIpc) is 3.04. The topological polar surface area (TPSA) is 57.9 Å². The Kier molecular flexibility index (Phi) is 4.62. The SMILES string of the molecule is Cc1cc2nccc(-c3cc(C#N)cc(C)c3O[C@H]3CCCNC3)c2s1. The monoisotopic (exact) mass is 363 g/mol. The zero-order chi connectivity index (χ0) is 18.1. The summed E-state index contributed by atoms with van der Waals surface area (Å²) >= 11 is 1.73. The van der Waals surface area contributed by atoms with E-state index >= 15 is 0 Å². The summed E-state index contributed by atoms with van der Waals surface area (Å²) in [7, 11) is 0. The summed E-state index contributed by atoms with van der Waals surface area (Å²) in [6.45, 7) is 6.04. The van der Waals surface area contributed by atoms with Crippen molar-refractivity contribution >= 4 is 21.6 Å². The van der Waals surface area contributed by atoms with Crippen LogP contribution in [-0.4, -0.2) is 24.2 Å². The third kappa shape index (κ3) is 3.18. The second-order valence-corrected chi connectivity index (χ2v) is 8.05. The first-order valence-corrected chi connectivity index (χ1v) is 9.75. The molecule has 4 rings (SSSR count). The number of nitrogens with one attached hydrogen (secondary N) is 1. The molecule has 2 aromatic heterocycles. The highest BCUT2D eigenvalue weighted by atomic mass is 32.1. The molecular formula is C21H21N3OS. The van der Waals surface area contributed by atoms with Crippen molar-refractivity contribution in [3.8, 4) is 22.9 Å². The molecule has 26 heavy (non-hydrogen) atoms. The first kappa shape index (κ1) is 17.0. The molecule has 0 amide bonds. The van der Waals surface area contributed by atoms with E-state index < -0.39 is 0 Å². The van der Waals surface area contributed by atoms with Gasteiger partial charge in [-0.05, 0) is 63.1 Å². The van der Waals surface area contributed by atoms with E-state index in [1.165, 1.54) is 4.88 Å². The van der Waals surface area contributed by atoms with Crippen molar-refractivity contribution in [1.29, 1.82) is 5.26 Å². The molecule has 1 N–H and O–H groups in total. The third-order valence-corrected chi connectivity index (χ3v) is 5.84. The van der Waals surface area contributed by atoms with Gasteiger partial charge >= 0.3 is 0 Å². The van der Waals surface area contributed by atoms with Crippen molar-refractivity contribution in [3.05, 3.63) is 46.5 Å². The number of pyridine rings is 1. The van der Waals surface area contributed by atoms with Crippen LogP contribution in [0, 0.1) is 25.2 Å². The van der Waals surface area contributed by atoms with Gasteiger partial charge in [-0.15, -0.1) is 11.3 Å². The van der Waals surface area contributed by atoms with Crippen molar-refractivity contribution in [2.75, 3.05) is 13.1 Å². The van der Waals surface area contributed by atoms with Crippen LogP contribution in [0.25, 0.3) is 21.3 Å². The Hall–Kier alpha value is -2.42. The number of benzene rings is 1. The van der Waals surface area contributed by atoms with Crippen LogP contribution >= 0.6 is 11.3 Å². The summed E-state index contributed by atoms with van der Waals surface area (Å²) in [5.74, 6) is 0.885. The summed E-state index contributed by atoms with van der Waals surface area (Å²) in [5, 5.41) is 12.9. The third-order valence-electron chi connectivity index (χ3n) is 4.77. The van der Waals surface area contributed by atoms with Gasteiger partial charge in [-0.3, -0.25) is 4.98 Å². The molecule has 3 heterocycles. The van der Waals surface area contributed by atoms with Crippen LogP contribution in [0.15, 0.2) is 30.5 Å². The molecule has 1 aromatic carbocycles. The zero-order valence-electron chi connectivity index (χ0n) is 15.0. The molecule has 1 saturated heterocycles. The van der Waals surface area contributed by atoms with Gasteiger partial charge in [-0.2, -0.15) is 5.26 Å². The van der Waals surface area contributed by atoms with Crippen LogP contribution in [0.3, 0.4) is 0 Å². The fraction of sp³-hybridized carbons (Fsp3) is 0.333. The lowest BCUT2D eigenvalue weighted by Gasteiger charge is -2.26. The van der Waals surface area contributed by atoms with Crippen LogP contribution in [0.5, 0.6) is 5.75 Å². The quantitative estimate of drug-likeness (QED) is 0.740. The number of hydrogen-bond acceptors (Lipinski definition) is 5. The first-order valence-electron chi connectivity index (χ1n) is 8.93. The number of nitriles is 1. The minimum atomic E-state index is 0.163. The number of rotatable bonds is 3. The molecule has 0 unspecified atom stereocenters. The number of ether oxygens (including phenoxy) is 1. The van der Waals surface area contributed by atoms with E-state index in [1.54, 1.807) is 11.3 Å². The Bertz CT molecular complexity index is 996. The average molecular weight is 363 g/mol. The van der Waals surface area contributed by atoms with Crippen molar-refractivity contribution in [1.82, 2.24) is 10.3 Å².